The number of fused-ring (bicyclic) bond motifs is 4. The minimum Gasteiger partial charge on any atom is -0.308 e. The number of nitrogens with zero attached hydrogens (tertiary/aromatic N) is 4. The van der Waals surface area contributed by atoms with E-state index >= 15 is 0 Å². The maximum atomic E-state index is 14.5. The van der Waals surface area contributed by atoms with Crippen LogP contribution in [0.15, 0.2) is 29.1 Å². The fraction of sp³-hybridized carbons (Fsp3) is 0.320. The highest BCUT2D eigenvalue weighted by Crippen LogP contribution is 2.35. The lowest BCUT2D eigenvalue weighted by atomic mass is 9.97. The molecule has 2 aliphatic carbocycles. The number of carbonyl (C=O) groups is 1. The van der Waals surface area contributed by atoms with Gasteiger partial charge in [0.15, 0.2) is 5.92 Å². The quantitative estimate of drug-likeness (QED) is 0.448. The van der Waals surface area contributed by atoms with E-state index in [2.05, 4.69) is 15.1 Å². The lowest BCUT2D eigenvalue weighted by Crippen LogP contribution is -2.21. The number of benzene rings is 1. The molecule has 6 rings (SSSR count). The van der Waals surface area contributed by atoms with Gasteiger partial charge in [0.05, 0.1) is 11.5 Å². The molecular weight excluding hydrogens is 453 g/mol. The smallest absolute Gasteiger partial charge is 0.259 e. The number of Topliss-reactive ketones (excluding diaryl/α,β-unsaturated/α-hetero) is 1. The lowest BCUT2D eigenvalue weighted by molar-refractivity contribution is 0.0970. The number of para-hydroxylation sites is 1. The number of hydrogen-bond donors (Lipinski definition) is 1. The molecule has 1 N–H and O–H groups in total. The average molecular weight is 474 g/mol. The number of aromatic amines is 1. The number of ketones is 1. The maximum absolute atomic E-state index is 14.5. The second-order valence-corrected chi connectivity index (χ2v) is 9.84. The van der Waals surface area contributed by atoms with Gasteiger partial charge in [-0.3, -0.25) is 9.59 Å². The Morgan fingerprint density at radius 3 is 2.76 bits per heavy atom. The highest BCUT2D eigenvalue weighted by Gasteiger charge is 2.34. The molecule has 3 aromatic heterocycles. The van der Waals surface area contributed by atoms with Crippen molar-refractivity contribution in [1.82, 2.24) is 19.7 Å². The third-order valence-corrected chi connectivity index (χ3v) is 7.94. The number of carbonyl (C=O) groups excluding carboxylic acids is 1. The maximum Gasteiger partial charge on any atom is 0.259 e. The van der Waals surface area contributed by atoms with Crippen LogP contribution in [0.5, 0.6) is 0 Å². The summed E-state index contributed by atoms with van der Waals surface area (Å²) in [5, 5.41) is 15.0. The van der Waals surface area contributed by atoms with Crippen molar-refractivity contribution >= 4 is 27.3 Å². The normalized spacial score (nSPS) is 15.6. The Hall–Kier alpha value is -3.64. The third-order valence-electron chi connectivity index (χ3n) is 6.75. The van der Waals surface area contributed by atoms with Crippen LogP contribution in [0.2, 0.25) is 0 Å². The molecule has 4 aromatic rings. The molecule has 1 unspecified atom stereocenters. The van der Waals surface area contributed by atoms with E-state index in [0.29, 0.717) is 23.1 Å². The van der Waals surface area contributed by atoms with Crippen LogP contribution in [0.1, 0.15) is 63.2 Å². The van der Waals surface area contributed by atoms with E-state index in [1.165, 1.54) is 22.1 Å². The monoisotopic (exact) mass is 473 g/mol. The predicted molar refractivity (Wildman–Crippen MR) is 125 cm³/mol. The lowest BCUT2D eigenvalue weighted by Gasteiger charge is -2.10. The van der Waals surface area contributed by atoms with E-state index in [9.17, 15) is 19.2 Å². The van der Waals surface area contributed by atoms with Gasteiger partial charge >= 0.3 is 0 Å². The molecule has 0 amide bonds. The number of aryl methyl sites for hydroxylation is 2. The Labute approximate surface area is 197 Å². The predicted octanol–water partition coefficient (Wildman–Crippen LogP) is 4.17. The van der Waals surface area contributed by atoms with Gasteiger partial charge in [-0.2, -0.15) is 10.4 Å². The molecule has 2 aliphatic rings. The molecule has 0 radical (unpaired) electrons. The number of halogens is 1. The van der Waals surface area contributed by atoms with Gasteiger partial charge in [0.25, 0.3) is 5.56 Å². The van der Waals surface area contributed by atoms with E-state index in [1.807, 2.05) is 6.07 Å². The first kappa shape index (κ1) is 20.9. The van der Waals surface area contributed by atoms with Gasteiger partial charge in [-0.15, -0.1) is 11.3 Å². The number of nitrogens with one attached hydrogen (secondary N) is 1. The highest BCUT2D eigenvalue weighted by atomic mass is 32.1. The van der Waals surface area contributed by atoms with E-state index in [0.717, 1.165) is 53.8 Å². The van der Waals surface area contributed by atoms with E-state index in [1.54, 1.807) is 18.2 Å². The van der Waals surface area contributed by atoms with Crippen LogP contribution >= 0.6 is 11.3 Å². The first-order valence-electron chi connectivity index (χ1n) is 11.4. The number of aromatic nitrogens is 4. The first-order valence-corrected chi connectivity index (χ1v) is 12.2. The van der Waals surface area contributed by atoms with Crippen LogP contribution in [0.25, 0.3) is 15.9 Å². The molecule has 0 bridgehead atoms. The summed E-state index contributed by atoms with van der Waals surface area (Å²) >= 11 is 1.47. The summed E-state index contributed by atoms with van der Waals surface area (Å²) in [4.78, 5) is 35.5. The topological polar surface area (TPSA) is 104 Å². The Balaban J connectivity index is 1.44. The van der Waals surface area contributed by atoms with Crippen LogP contribution in [-0.2, 0) is 25.7 Å². The third kappa shape index (κ3) is 3.13. The summed E-state index contributed by atoms with van der Waals surface area (Å²) in [6, 6.07) is 8.30. The standard InChI is InChI=1S/C25H20FN5O2S/c26-16-8-2-3-9-18(16)31-17-10-5-7-13(17)21(30-31)22(32)15(12-27)23-28-24(33)20-14-6-1-4-11-19(14)34-25(20)29-23/h2-3,8-9,15H,1,4-7,10-11H2,(H,28,29,33). The molecule has 9 heteroatoms. The van der Waals surface area contributed by atoms with Crippen molar-refractivity contribution in [3.8, 4) is 11.8 Å². The Morgan fingerprint density at radius 2 is 1.94 bits per heavy atom. The van der Waals surface area contributed by atoms with Crippen LogP contribution < -0.4 is 5.56 Å². The fourth-order valence-electron chi connectivity index (χ4n) is 5.16. The van der Waals surface area contributed by atoms with Crippen molar-refractivity contribution in [3.63, 3.8) is 0 Å². The summed E-state index contributed by atoms with van der Waals surface area (Å²) in [6.07, 6.45) is 6.01. The van der Waals surface area contributed by atoms with Gasteiger partial charge in [-0.1, -0.05) is 12.1 Å². The molecule has 0 saturated carbocycles. The van der Waals surface area contributed by atoms with Crippen LogP contribution in [0, 0.1) is 17.1 Å². The molecule has 0 spiro atoms. The largest absolute Gasteiger partial charge is 0.308 e. The van der Waals surface area contributed by atoms with Gasteiger partial charge < -0.3 is 4.98 Å². The summed E-state index contributed by atoms with van der Waals surface area (Å²) in [5.74, 6) is -2.23. The van der Waals surface area contributed by atoms with Crippen LogP contribution in [0.3, 0.4) is 0 Å². The second-order valence-electron chi connectivity index (χ2n) is 8.76. The molecule has 7 nitrogen and oxygen atoms in total. The fourth-order valence-corrected chi connectivity index (χ4v) is 6.43. The first-order chi connectivity index (χ1) is 16.6. The molecule has 1 aromatic carbocycles. The second kappa shape index (κ2) is 7.99. The van der Waals surface area contributed by atoms with Crippen LogP contribution in [0.4, 0.5) is 4.39 Å². The summed E-state index contributed by atoms with van der Waals surface area (Å²) in [5.41, 5.74) is 2.68. The Kier molecular flexibility index (Phi) is 4.92. The highest BCUT2D eigenvalue weighted by molar-refractivity contribution is 7.18. The van der Waals surface area contributed by atoms with Crippen molar-refractivity contribution in [2.75, 3.05) is 0 Å². The molecule has 1 atom stereocenters. The summed E-state index contributed by atoms with van der Waals surface area (Å²) < 4.78 is 16.0. The van der Waals surface area contributed by atoms with E-state index in [4.69, 9.17) is 0 Å². The molecule has 34 heavy (non-hydrogen) atoms. The zero-order valence-corrected chi connectivity index (χ0v) is 19.0. The zero-order valence-electron chi connectivity index (χ0n) is 18.2. The van der Waals surface area contributed by atoms with Crippen molar-refractivity contribution in [2.24, 2.45) is 0 Å². The van der Waals surface area contributed by atoms with Crippen molar-refractivity contribution in [3.05, 3.63) is 73.7 Å². The molecule has 3 heterocycles. The average Bonchev–Trinajstić information content (AvgIpc) is 3.53. The SMILES string of the molecule is N#CC(C(=O)c1nn(-c2ccccc2F)c2c1CCC2)c1nc2sc3c(c2c(=O)[nH]1)CCCC3. The van der Waals surface area contributed by atoms with Gasteiger partial charge in [0.2, 0.25) is 5.78 Å². The minimum atomic E-state index is -1.30. The number of H-pyrrole nitrogens is 1. The zero-order chi connectivity index (χ0) is 23.4. The molecular formula is C25H20FN5O2S. The summed E-state index contributed by atoms with van der Waals surface area (Å²) in [6.45, 7) is 0. The van der Waals surface area contributed by atoms with Gasteiger partial charge in [-0.25, -0.2) is 14.1 Å². The number of thiophene rings is 1. The number of rotatable bonds is 4. The molecule has 0 aliphatic heterocycles. The minimum absolute atomic E-state index is 0.0378. The van der Waals surface area contributed by atoms with Gasteiger partial charge in [-0.05, 0) is 62.6 Å². The Morgan fingerprint density at radius 1 is 1.15 bits per heavy atom. The van der Waals surface area contributed by atoms with Gasteiger partial charge in [0.1, 0.15) is 27.9 Å². The Bertz CT molecular complexity index is 1570. The van der Waals surface area contributed by atoms with Crippen molar-refractivity contribution < 1.29 is 9.18 Å². The van der Waals surface area contributed by atoms with Crippen molar-refractivity contribution in [1.29, 1.82) is 5.26 Å². The molecule has 0 saturated heterocycles. The van der Waals surface area contributed by atoms with E-state index < -0.39 is 17.5 Å². The number of hydrogen-bond acceptors (Lipinski definition) is 6. The van der Waals surface area contributed by atoms with Crippen LogP contribution in [-0.4, -0.2) is 25.5 Å². The van der Waals surface area contributed by atoms with E-state index in [-0.39, 0.29) is 22.8 Å². The number of nitriles is 1. The van der Waals surface area contributed by atoms with Gasteiger partial charge in [0, 0.05) is 16.1 Å². The molecule has 170 valence electrons. The molecule has 0 fully saturated rings. The summed E-state index contributed by atoms with van der Waals surface area (Å²) in [7, 11) is 0. The van der Waals surface area contributed by atoms with Crippen molar-refractivity contribution in [2.45, 2.75) is 50.9 Å².